The maximum Gasteiger partial charge on any atom is 0.429 e. The van der Waals surface area contributed by atoms with E-state index >= 15 is 0 Å². The van der Waals surface area contributed by atoms with E-state index in [1.54, 1.807) is 0 Å². The SMILES string of the molecule is CCC.NC(=O)ON1C(=O)CCC1=O.[HH]. The number of rotatable bonds is 1. The van der Waals surface area contributed by atoms with Crippen LogP contribution in [0.25, 0.3) is 0 Å². The minimum Gasteiger partial charge on any atom is -0.333 e. The van der Waals surface area contributed by atoms with Gasteiger partial charge in [-0.25, -0.2) is 4.79 Å². The first-order chi connectivity index (χ1) is 6.52. The van der Waals surface area contributed by atoms with Crippen LogP contribution in [-0.4, -0.2) is 23.0 Å². The molecule has 6 heteroatoms. The summed E-state index contributed by atoms with van der Waals surface area (Å²) in [4.78, 5) is 35.6. The van der Waals surface area contributed by atoms with Crippen molar-refractivity contribution in [2.75, 3.05) is 0 Å². The molecule has 1 fully saturated rings. The first kappa shape index (κ1) is 12.4. The summed E-state index contributed by atoms with van der Waals surface area (Å²) in [6.45, 7) is 4.25. The maximum atomic E-state index is 10.7. The van der Waals surface area contributed by atoms with E-state index in [2.05, 4.69) is 24.4 Å². The Morgan fingerprint density at radius 1 is 1.43 bits per heavy atom. The molecule has 0 atom stereocenters. The zero-order chi connectivity index (χ0) is 11.1. The molecule has 1 aliphatic heterocycles. The molecule has 3 amide bonds. The van der Waals surface area contributed by atoms with Crippen LogP contribution in [0, 0.1) is 0 Å². The number of nitrogens with zero attached hydrogens (tertiary/aromatic N) is 1. The van der Waals surface area contributed by atoms with Crippen LogP contribution < -0.4 is 5.73 Å². The van der Waals surface area contributed by atoms with Crippen molar-refractivity contribution >= 4 is 17.9 Å². The molecule has 0 radical (unpaired) electrons. The highest BCUT2D eigenvalue weighted by Gasteiger charge is 2.32. The molecule has 0 unspecified atom stereocenters. The normalized spacial score (nSPS) is 14.9. The van der Waals surface area contributed by atoms with E-state index < -0.39 is 17.9 Å². The molecule has 0 spiro atoms. The fourth-order valence-corrected chi connectivity index (χ4v) is 0.748. The topological polar surface area (TPSA) is 89.7 Å². The number of hydrogen-bond donors (Lipinski definition) is 1. The fourth-order valence-electron chi connectivity index (χ4n) is 0.748. The summed E-state index contributed by atoms with van der Waals surface area (Å²) in [6.07, 6.45) is 0.242. The van der Waals surface area contributed by atoms with Gasteiger partial charge in [-0.1, -0.05) is 20.3 Å². The number of primary amides is 1. The molecular formula is C8H16N2O4. The van der Waals surface area contributed by atoms with Gasteiger partial charge in [0.15, 0.2) is 0 Å². The highest BCUT2D eigenvalue weighted by Crippen LogP contribution is 2.11. The van der Waals surface area contributed by atoms with Crippen molar-refractivity contribution in [1.82, 2.24) is 5.06 Å². The van der Waals surface area contributed by atoms with Gasteiger partial charge in [0.1, 0.15) is 0 Å². The Bertz CT molecular complexity index is 229. The van der Waals surface area contributed by atoms with E-state index in [1.165, 1.54) is 6.42 Å². The summed E-state index contributed by atoms with van der Waals surface area (Å²) in [7, 11) is 0. The van der Waals surface area contributed by atoms with Crippen molar-refractivity contribution in [1.29, 1.82) is 0 Å². The predicted molar refractivity (Wildman–Crippen MR) is 49.8 cm³/mol. The van der Waals surface area contributed by atoms with Gasteiger partial charge in [0, 0.05) is 14.3 Å². The number of hydrogen-bond acceptors (Lipinski definition) is 4. The molecule has 2 N–H and O–H groups in total. The van der Waals surface area contributed by atoms with Gasteiger partial charge in [0.2, 0.25) is 0 Å². The van der Waals surface area contributed by atoms with E-state index in [0.717, 1.165) is 0 Å². The van der Waals surface area contributed by atoms with Gasteiger partial charge >= 0.3 is 6.09 Å². The Morgan fingerprint density at radius 3 is 2.07 bits per heavy atom. The van der Waals surface area contributed by atoms with E-state index in [0.29, 0.717) is 5.06 Å². The van der Waals surface area contributed by atoms with Crippen molar-refractivity contribution in [3.05, 3.63) is 0 Å². The van der Waals surface area contributed by atoms with E-state index in [-0.39, 0.29) is 14.3 Å². The van der Waals surface area contributed by atoms with Crippen molar-refractivity contribution < 1.29 is 20.6 Å². The molecular weight excluding hydrogens is 188 g/mol. The summed E-state index contributed by atoms with van der Waals surface area (Å²) >= 11 is 0. The molecule has 1 aliphatic rings. The lowest BCUT2D eigenvalue weighted by molar-refractivity contribution is -0.170. The first-order valence-electron chi connectivity index (χ1n) is 4.36. The molecule has 0 saturated carbocycles. The second kappa shape index (κ2) is 5.95. The first-order valence-corrected chi connectivity index (χ1v) is 4.36. The molecule has 1 heterocycles. The number of imide groups is 1. The van der Waals surface area contributed by atoms with Gasteiger partial charge in [-0.3, -0.25) is 9.59 Å². The average molecular weight is 204 g/mol. The Kier molecular flexibility index (Phi) is 5.28. The number of carbonyl (C=O) groups excluding carboxylic acids is 3. The van der Waals surface area contributed by atoms with Crippen molar-refractivity contribution in [2.24, 2.45) is 5.73 Å². The van der Waals surface area contributed by atoms with Crippen molar-refractivity contribution in [3.8, 4) is 0 Å². The largest absolute Gasteiger partial charge is 0.429 e. The molecule has 0 aromatic carbocycles. The van der Waals surface area contributed by atoms with Gasteiger partial charge in [-0.2, -0.15) is 0 Å². The molecule has 0 aromatic heterocycles. The zero-order valence-corrected chi connectivity index (χ0v) is 8.28. The second-order valence-electron chi connectivity index (χ2n) is 2.70. The molecule has 1 rings (SSSR count). The Labute approximate surface area is 83.4 Å². The third-order valence-corrected chi connectivity index (χ3v) is 1.19. The summed E-state index contributed by atoms with van der Waals surface area (Å²) < 4.78 is 0. The smallest absolute Gasteiger partial charge is 0.333 e. The van der Waals surface area contributed by atoms with Crippen LogP contribution in [0.4, 0.5) is 4.79 Å². The van der Waals surface area contributed by atoms with Crippen LogP contribution in [0.2, 0.25) is 0 Å². The number of amides is 3. The van der Waals surface area contributed by atoms with E-state index in [4.69, 9.17) is 0 Å². The minimum absolute atomic E-state index is 0. The molecule has 0 aliphatic carbocycles. The quantitative estimate of drug-likeness (QED) is 0.640. The van der Waals surface area contributed by atoms with Crippen LogP contribution in [0.5, 0.6) is 0 Å². The van der Waals surface area contributed by atoms with Crippen molar-refractivity contribution in [2.45, 2.75) is 33.1 Å². The van der Waals surface area contributed by atoms with Crippen LogP contribution in [0.1, 0.15) is 34.5 Å². The van der Waals surface area contributed by atoms with Gasteiger partial charge < -0.3 is 10.6 Å². The number of nitrogens with two attached hydrogens (primary N) is 1. The van der Waals surface area contributed by atoms with Crippen LogP contribution in [0.3, 0.4) is 0 Å². The number of hydroxylamine groups is 2. The highest BCUT2D eigenvalue weighted by atomic mass is 16.7. The maximum absolute atomic E-state index is 10.7. The van der Waals surface area contributed by atoms with Gasteiger partial charge in [0.05, 0.1) is 0 Å². The van der Waals surface area contributed by atoms with Crippen LogP contribution in [-0.2, 0) is 14.4 Å². The van der Waals surface area contributed by atoms with Crippen LogP contribution >= 0.6 is 0 Å². The summed E-state index contributed by atoms with van der Waals surface area (Å²) in [5.74, 6) is -1.07. The summed E-state index contributed by atoms with van der Waals surface area (Å²) in [5, 5.41) is 0.391. The monoisotopic (exact) mass is 204 g/mol. The lowest BCUT2D eigenvalue weighted by Crippen LogP contribution is -2.34. The third-order valence-electron chi connectivity index (χ3n) is 1.19. The highest BCUT2D eigenvalue weighted by molar-refractivity contribution is 6.01. The van der Waals surface area contributed by atoms with Gasteiger partial charge in [-0.15, -0.1) is 5.06 Å². The summed E-state index contributed by atoms with van der Waals surface area (Å²) in [6, 6.07) is 0. The molecule has 0 aromatic rings. The second-order valence-corrected chi connectivity index (χ2v) is 2.70. The summed E-state index contributed by atoms with van der Waals surface area (Å²) in [5.41, 5.74) is 4.59. The van der Waals surface area contributed by atoms with Crippen LogP contribution in [0.15, 0.2) is 0 Å². The minimum atomic E-state index is -1.16. The van der Waals surface area contributed by atoms with E-state index in [1.807, 2.05) is 0 Å². The Hall–Kier alpha value is -1.59. The molecule has 14 heavy (non-hydrogen) atoms. The van der Waals surface area contributed by atoms with Gasteiger partial charge in [0.25, 0.3) is 11.8 Å². The Balaban J connectivity index is 0. The lowest BCUT2D eigenvalue weighted by Gasteiger charge is -2.09. The number of carbonyl (C=O) groups is 3. The molecule has 0 bridgehead atoms. The lowest BCUT2D eigenvalue weighted by atomic mass is 10.4. The molecule has 82 valence electrons. The third kappa shape index (κ3) is 3.88. The Morgan fingerprint density at radius 2 is 1.79 bits per heavy atom. The standard InChI is InChI=1S/C5H6N2O4.C3H8.H2/c6-5(10)11-7-3(8)1-2-4(7)9;1-3-2;/h1-2H2,(H2,6,10);3H2,1-2H3;1H. The molecule has 1 saturated heterocycles. The van der Waals surface area contributed by atoms with Crippen molar-refractivity contribution in [3.63, 3.8) is 0 Å². The predicted octanol–water partition coefficient (Wildman–Crippen LogP) is 0.808. The van der Waals surface area contributed by atoms with Gasteiger partial charge in [-0.05, 0) is 0 Å². The fraction of sp³-hybridized carbons (Fsp3) is 0.625. The molecule has 6 nitrogen and oxygen atoms in total. The zero-order valence-electron chi connectivity index (χ0n) is 8.28. The van der Waals surface area contributed by atoms with E-state index in [9.17, 15) is 14.4 Å². The average Bonchev–Trinajstić information content (AvgIpc) is 2.37.